The molecule has 0 aromatic rings. The highest BCUT2D eigenvalue weighted by Gasteiger charge is 2.41. The van der Waals surface area contributed by atoms with Gasteiger partial charge in [-0.05, 0) is 51.6 Å². The lowest BCUT2D eigenvalue weighted by Gasteiger charge is -2.44. The number of hydrogen-bond donors (Lipinski definition) is 1. The minimum Gasteiger partial charge on any atom is -0.458 e. The number of aliphatic hydroxyl groups is 1. The van der Waals surface area contributed by atoms with Crippen molar-refractivity contribution in [1.82, 2.24) is 4.90 Å². The lowest BCUT2D eigenvalue weighted by molar-refractivity contribution is -0.175. The third kappa shape index (κ3) is 3.99. The molecule has 2 bridgehead atoms. The number of rotatable bonds is 6. The van der Waals surface area contributed by atoms with Crippen LogP contribution in [0.3, 0.4) is 0 Å². The standard InChI is InChI=1S/C17H27NO3/c1-3-5-6-10-17(20,9-4-2)16(19)21-15-13-18-11-7-14(15)8-12-18/h14-15,20H,3,5-8,10-13H2,1-2H3. The summed E-state index contributed by atoms with van der Waals surface area (Å²) in [5, 5.41) is 10.5. The SMILES string of the molecule is CC#CC(O)(CCCCC)C(=O)OC1CN2CCC1CC2. The molecule has 0 spiro atoms. The topological polar surface area (TPSA) is 49.8 Å². The van der Waals surface area contributed by atoms with Crippen LogP contribution < -0.4 is 0 Å². The second-order valence-electron chi connectivity index (χ2n) is 6.27. The molecule has 3 heterocycles. The zero-order valence-corrected chi connectivity index (χ0v) is 13.2. The molecule has 0 radical (unpaired) electrons. The number of hydrogen-bond acceptors (Lipinski definition) is 4. The largest absolute Gasteiger partial charge is 0.458 e. The summed E-state index contributed by atoms with van der Waals surface area (Å²) in [4.78, 5) is 14.7. The van der Waals surface area contributed by atoms with E-state index in [1.165, 1.54) is 0 Å². The van der Waals surface area contributed by atoms with Crippen molar-refractivity contribution in [2.24, 2.45) is 5.92 Å². The second-order valence-corrected chi connectivity index (χ2v) is 6.27. The van der Waals surface area contributed by atoms with E-state index in [0.717, 1.165) is 51.7 Å². The van der Waals surface area contributed by atoms with Gasteiger partial charge in [0.05, 0.1) is 0 Å². The summed E-state index contributed by atoms with van der Waals surface area (Å²) >= 11 is 0. The molecule has 2 unspecified atom stereocenters. The predicted molar refractivity (Wildman–Crippen MR) is 81.6 cm³/mol. The number of piperidine rings is 3. The molecule has 1 N–H and O–H groups in total. The van der Waals surface area contributed by atoms with Gasteiger partial charge in [0.2, 0.25) is 5.60 Å². The van der Waals surface area contributed by atoms with Gasteiger partial charge in [-0.3, -0.25) is 4.90 Å². The van der Waals surface area contributed by atoms with Crippen LogP contribution in [0.15, 0.2) is 0 Å². The lowest BCUT2D eigenvalue weighted by Crippen LogP contribution is -2.53. The van der Waals surface area contributed by atoms with Crippen LogP contribution in [0.4, 0.5) is 0 Å². The third-order valence-corrected chi connectivity index (χ3v) is 4.67. The zero-order chi connectivity index (χ0) is 15.3. The molecular formula is C17H27NO3. The van der Waals surface area contributed by atoms with Gasteiger partial charge in [-0.2, -0.15) is 0 Å². The number of fused-ring (bicyclic) bond motifs is 3. The van der Waals surface area contributed by atoms with Crippen molar-refractivity contribution in [3.05, 3.63) is 0 Å². The molecule has 3 fully saturated rings. The first-order valence-electron chi connectivity index (χ1n) is 8.18. The zero-order valence-electron chi connectivity index (χ0n) is 13.2. The molecule has 3 aliphatic heterocycles. The summed E-state index contributed by atoms with van der Waals surface area (Å²) < 4.78 is 5.64. The molecule has 0 amide bonds. The highest BCUT2D eigenvalue weighted by molar-refractivity contribution is 5.83. The van der Waals surface area contributed by atoms with Crippen LogP contribution in [0.1, 0.15) is 52.4 Å². The van der Waals surface area contributed by atoms with E-state index in [1.807, 2.05) is 0 Å². The van der Waals surface area contributed by atoms with Gasteiger partial charge in [-0.1, -0.05) is 25.7 Å². The van der Waals surface area contributed by atoms with Crippen LogP contribution in [0, 0.1) is 17.8 Å². The molecule has 3 rings (SSSR count). The van der Waals surface area contributed by atoms with Gasteiger partial charge in [0, 0.05) is 6.54 Å². The average Bonchev–Trinajstić information content (AvgIpc) is 2.49. The van der Waals surface area contributed by atoms with Crippen molar-refractivity contribution in [1.29, 1.82) is 0 Å². The van der Waals surface area contributed by atoms with E-state index in [1.54, 1.807) is 6.92 Å². The van der Waals surface area contributed by atoms with E-state index in [0.29, 0.717) is 12.3 Å². The van der Waals surface area contributed by atoms with Crippen molar-refractivity contribution in [3.63, 3.8) is 0 Å². The van der Waals surface area contributed by atoms with Crippen molar-refractivity contribution in [3.8, 4) is 11.8 Å². The molecule has 21 heavy (non-hydrogen) atoms. The lowest BCUT2D eigenvalue weighted by atomic mass is 9.85. The summed E-state index contributed by atoms with van der Waals surface area (Å²) in [6, 6.07) is 0. The first-order chi connectivity index (χ1) is 10.1. The van der Waals surface area contributed by atoms with Gasteiger partial charge in [-0.25, -0.2) is 4.79 Å². The van der Waals surface area contributed by atoms with E-state index in [-0.39, 0.29) is 6.10 Å². The van der Waals surface area contributed by atoms with E-state index < -0.39 is 11.6 Å². The van der Waals surface area contributed by atoms with Gasteiger partial charge in [0.1, 0.15) is 6.10 Å². The Morgan fingerprint density at radius 1 is 1.38 bits per heavy atom. The molecule has 3 saturated heterocycles. The minimum absolute atomic E-state index is 0.0728. The number of carbonyl (C=O) groups excluding carboxylic acids is 1. The van der Waals surface area contributed by atoms with Gasteiger partial charge >= 0.3 is 5.97 Å². The maximum atomic E-state index is 12.4. The molecule has 3 aliphatic rings. The first kappa shape index (κ1) is 16.3. The molecule has 2 atom stereocenters. The van der Waals surface area contributed by atoms with Gasteiger partial charge in [0.15, 0.2) is 0 Å². The second kappa shape index (κ2) is 7.29. The summed E-state index contributed by atoms with van der Waals surface area (Å²) in [6.45, 7) is 6.76. The maximum Gasteiger partial charge on any atom is 0.351 e. The molecule has 0 aromatic carbocycles. The maximum absolute atomic E-state index is 12.4. The monoisotopic (exact) mass is 293 g/mol. The smallest absolute Gasteiger partial charge is 0.351 e. The summed E-state index contributed by atoms with van der Waals surface area (Å²) in [5.74, 6) is 5.25. The Morgan fingerprint density at radius 2 is 2.10 bits per heavy atom. The Hall–Kier alpha value is -1.05. The Morgan fingerprint density at radius 3 is 2.62 bits per heavy atom. The number of ether oxygens (including phenoxy) is 1. The van der Waals surface area contributed by atoms with E-state index in [9.17, 15) is 9.90 Å². The van der Waals surface area contributed by atoms with E-state index >= 15 is 0 Å². The van der Waals surface area contributed by atoms with Crippen molar-refractivity contribution in [2.75, 3.05) is 19.6 Å². The van der Waals surface area contributed by atoms with E-state index in [2.05, 4.69) is 23.7 Å². The first-order valence-corrected chi connectivity index (χ1v) is 8.18. The average molecular weight is 293 g/mol. The molecule has 4 nitrogen and oxygen atoms in total. The third-order valence-electron chi connectivity index (χ3n) is 4.67. The van der Waals surface area contributed by atoms with Crippen molar-refractivity contribution >= 4 is 5.97 Å². The summed E-state index contributed by atoms with van der Waals surface area (Å²) in [6.07, 6.45) is 5.29. The number of carbonyl (C=O) groups is 1. The molecule has 4 heteroatoms. The molecule has 118 valence electrons. The molecular weight excluding hydrogens is 266 g/mol. The Labute approximate surface area is 127 Å². The molecule has 0 aliphatic carbocycles. The van der Waals surface area contributed by atoms with Crippen LogP contribution in [-0.2, 0) is 9.53 Å². The predicted octanol–water partition coefficient (Wildman–Crippen LogP) is 1.96. The van der Waals surface area contributed by atoms with Gasteiger partial charge in [-0.15, -0.1) is 5.92 Å². The number of esters is 1. The molecule has 0 saturated carbocycles. The molecule has 0 aromatic heterocycles. The fourth-order valence-electron chi connectivity index (χ4n) is 3.33. The number of nitrogens with zero attached hydrogens (tertiary/aromatic N) is 1. The Bertz CT molecular complexity index is 417. The Balaban J connectivity index is 1.96. The van der Waals surface area contributed by atoms with Crippen LogP contribution >= 0.6 is 0 Å². The van der Waals surface area contributed by atoms with Crippen LogP contribution in [0.5, 0.6) is 0 Å². The minimum atomic E-state index is -1.63. The van der Waals surface area contributed by atoms with Crippen LogP contribution in [0.2, 0.25) is 0 Å². The van der Waals surface area contributed by atoms with Gasteiger partial charge < -0.3 is 9.84 Å². The van der Waals surface area contributed by atoms with Crippen LogP contribution in [0.25, 0.3) is 0 Å². The summed E-state index contributed by atoms with van der Waals surface area (Å²) in [5.41, 5.74) is -1.63. The highest BCUT2D eigenvalue weighted by Crippen LogP contribution is 2.30. The van der Waals surface area contributed by atoms with Gasteiger partial charge in [0.25, 0.3) is 0 Å². The number of unbranched alkanes of at least 4 members (excludes halogenated alkanes) is 2. The van der Waals surface area contributed by atoms with E-state index in [4.69, 9.17) is 4.74 Å². The van der Waals surface area contributed by atoms with Crippen LogP contribution in [-0.4, -0.2) is 47.3 Å². The summed E-state index contributed by atoms with van der Waals surface area (Å²) in [7, 11) is 0. The fourth-order valence-corrected chi connectivity index (χ4v) is 3.33. The fraction of sp³-hybridized carbons (Fsp3) is 0.824. The quantitative estimate of drug-likeness (QED) is 0.462. The Kier molecular flexibility index (Phi) is 5.66. The normalized spacial score (nSPS) is 30.1. The van der Waals surface area contributed by atoms with Crippen molar-refractivity contribution < 1.29 is 14.6 Å². The highest BCUT2D eigenvalue weighted by atomic mass is 16.6. The van der Waals surface area contributed by atoms with Crippen molar-refractivity contribution in [2.45, 2.75) is 64.1 Å².